The lowest BCUT2D eigenvalue weighted by Crippen LogP contribution is -2.46. The number of hydrogen-bond donors (Lipinski definition) is 1. The van der Waals surface area contributed by atoms with Crippen LogP contribution in [0.5, 0.6) is 0 Å². The van der Waals surface area contributed by atoms with Gasteiger partial charge in [0.05, 0.1) is 0 Å². The summed E-state index contributed by atoms with van der Waals surface area (Å²) in [6.07, 6.45) is 2.64. The molecule has 0 radical (unpaired) electrons. The van der Waals surface area contributed by atoms with E-state index in [9.17, 15) is 0 Å². The summed E-state index contributed by atoms with van der Waals surface area (Å²) in [7, 11) is 0. The van der Waals surface area contributed by atoms with Crippen LogP contribution in [0.4, 0.5) is 0 Å². The van der Waals surface area contributed by atoms with Gasteiger partial charge in [-0.25, -0.2) is 0 Å². The Labute approximate surface area is 128 Å². The van der Waals surface area contributed by atoms with Crippen LogP contribution in [-0.4, -0.2) is 12.1 Å². The molecule has 1 aliphatic rings. The molecule has 0 saturated heterocycles. The van der Waals surface area contributed by atoms with E-state index in [0.717, 1.165) is 5.92 Å². The number of nitrogens with one attached hydrogen (secondary N) is 1. The van der Waals surface area contributed by atoms with Crippen LogP contribution in [0.15, 0.2) is 60.7 Å². The summed E-state index contributed by atoms with van der Waals surface area (Å²) in [6, 6.07) is 22.9. The molecule has 21 heavy (non-hydrogen) atoms. The molecule has 0 aromatic heterocycles. The second-order valence-corrected chi connectivity index (χ2v) is 6.53. The molecular weight excluding hydrogens is 254 g/mol. The maximum absolute atomic E-state index is 3.84. The lowest BCUT2D eigenvalue weighted by atomic mass is 9.79. The molecule has 1 N–H and O–H groups in total. The molecule has 0 spiro atoms. The summed E-state index contributed by atoms with van der Waals surface area (Å²) in [5.41, 5.74) is 2.80. The zero-order valence-electron chi connectivity index (χ0n) is 13.0. The molecule has 1 heteroatoms. The minimum Gasteiger partial charge on any atom is -0.311 e. The van der Waals surface area contributed by atoms with Crippen molar-refractivity contribution in [3.05, 3.63) is 71.8 Å². The highest BCUT2D eigenvalue weighted by Gasteiger charge is 2.29. The Morgan fingerprint density at radius 1 is 0.857 bits per heavy atom. The molecular formula is C20H25N. The zero-order valence-corrected chi connectivity index (χ0v) is 13.0. The first-order chi connectivity index (χ1) is 10.2. The molecule has 0 amide bonds. The van der Waals surface area contributed by atoms with Gasteiger partial charge >= 0.3 is 0 Å². The van der Waals surface area contributed by atoms with Crippen LogP contribution in [0.1, 0.15) is 43.7 Å². The summed E-state index contributed by atoms with van der Waals surface area (Å²) in [6.45, 7) is 4.67. The van der Waals surface area contributed by atoms with Gasteiger partial charge in [0.25, 0.3) is 0 Å². The smallest absolute Gasteiger partial charge is 0.0240 e. The molecule has 2 aromatic rings. The monoisotopic (exact) mass is 279 g/mol. The zero-order chi connectivity index (χ0) is 14.7. The molecule has 110 valence electrons. The molecule has 2 aromatic carbocycles. The Balaban J connectivity index is 1.82. The summed E-state index contributed by atoms with van der Waals surface area (Å²) in [4.78, 5) is 0. The average molecular weight is 279 g/mol. The van der Waals surface area contributed by atoms with E-state index in [1.165, 1.54) is 24.0 Å². The fraction of sp³-hybridized carbons (Fsp3) is 0.400. The van der Waals surface area contributed by atoms with E-state index in [4.69, 9.17) is 0 Å². The minimum absolute atomic E-state index is 0.420. The van der Waals surface area contributed by atoms with E-state index in [2.05, 4.69) is 79.8 Å². The normalized spacial score (nSPS) is 22.8. The van der Waals surface area contributed by atoms with Crippen molar-refractivity contribution in [2.24, 2.45) is 5.92 Å². The maximum atomic E-state index is 3.84. The molecule has 0 aliphatic heterocycles. The van der Waals surface area contributed by atoms with Crippen LogP contribution in [0.2, 0.25) is 0 Å². The van der Waals surface area contributed by atoms with E-state index in [1.807, 2.05) is 0 Å². The van der Waals surface area contributed by atoms with E-state index < -0.39 is 0 Å². The van der Waals surface area contributed by atoms with Gasteiger partial charge < -0.3 is 5.32 Å². The lowest BCUT2D eigenvalue weighted by Gasteiger charge is -2.38. The highest BCUT2D eigenvalue weighted by atomic mass is 15.0. The van der Waals surface area contributed by atoms with E-state index in [0.29, 0.717) is 18.0 Å². The highest BCUT2D eigenvalue weighted by Crippen LogP contribution is 2.32. The van der Waals surface area contributed by atoms with Crippen LogP contribution in [0, 0.1) is 5.92 Å². The first-order valence-electron chi connectivity index (χ1n) is 8.10. The highest BCUT2D eigenvalue weighted by molar-refractivity contribution is 5.34. The fourth-order valence-corrected chi connectivity index (χ4v) is 3.60. The Hall–Kier alpha value is -1.60. The van der Waals surface area contributed by atoms with Gasteiger partial charge in [0.2, 0.25) is 0 Å². The van der Waals surface area contributed by atoms with Crippen molar-refractivity contribution in [3.63, 3.8) is 0 Å². The third kappa shape index (κ3) is 3.36. The predicted octanol–water partition coefficient (Wildman–Crippen LogP) is 4.60. The predicted molar refractivity (Wildman–Crippen MR) is 89.5 cm³/mol. The van der Waals surface area contributed by atoms with Gasteiger partial charge in [-0.15, -0.1) is 0 Å². The van der Waals surface area contributed by atoms with E-state index >= 15 is 0 Å². The van der Waals surface area contributed by atoms with Gasteiger partial charge in [-0.2, -0.15) is 0 Å². The summed E-state index contributed by atoms with van der Waals surface area (Å²) in [5.74, 6) is 1.31. The quantitative estimate of drug-likeness (QED) is 0.843. The van der Waals surface area contributed by atoms with Crippen molar-refractivity contribution in [1.29, 1.82) is 0 Å². The number of benzene rings is 2. The Kier molecular flexibility index (Phi) is 4.40. The van der Waals surface area contributed by atoms with Crippen molar-refractivity contribution in [2.75, 3.05) is 0 Å². The first kappa shape index (κ1) is 14.3. The number of rotatable bonds is 5. The minimum atomic E-state index is 0.420. The molecule has 1 aliphatic carbocycles. The molecule has 1 saturated carbocycles. The van der Waals surface area contributed by atoms with Gasteiger partial charge in [0.15, 0.2) is 0 Å². The first-order valence-corrected chi connectivity index (χ1v) is 8.10. The van der Waals surface area contributed by atoms with Crippen LogP contribution in [0.25, 0.3) is 0 Å². The van der Waals surface area contributed by atoms with E-state index in [1.54, 1.807) is 0 Å². The second kappa shape index (κ2) is 6.44. The SMILES string of the molecule is CC1CC(NC(C)C(c2ccccc2)c2ccccc2)C1. The van der Waals surface area contributed by atoms with Crippen LogP contribution >= 0.6 is 0 Å². The Morgan fingerprint density at radius 2 is 1.33 bits per heavy atom. The number of hydrogen-bond acceptors (Lipinski definition) is 1. The standard InChI is InChI=1S/C20H25N/c1-15-13-19(14-15)21-16(2)20(17-9-5-3-6-10-17)18-11-7-4-8-12-18/h3-12,15-16,19-21H,13-14H2,1-2H3. The lowest BCUT2D eigenvalue weighted by molar-refractivity contribution is 0.220. The average Bonchev–Trinajstić information content (AvgIpc) is 2.48. The van der Waals surface area contributed by atoms with Crippen molar-refractivity contribution >= 4 is 0 Å². The third-order valence-corrected chi connectivity index (χ3v) is 4.69. The van der Waals surface area contributed by atoms with Crippen molar-refractivity contribution in [3.8, 4) is 0 Å². The Morgan fingerprint density at radius 3 is 1.76 bits per heavy atom. The fourth-order valence-electron chi connectivity index (χ4n) is 3.60. The largest absolute Gasteiger partial charge is 0.311 e. The molecule has 1 fully saturated rings. The van der Waals surface area contributed by atoms with Crippen LogP contribution < -0.4 is 5.32 Å². The second-order valence-electron chi connectivity index (χ2n) is 6.53. The molecule has 3 rings (SSSR count). The maximum Gasteiger partial charge on any atom is 0.0240 e. The summed E-state index contributed by atoms with van der Waals surface area (Å²) in [5, 5.41) is 3.84. The molecule has 0 heterocycles. The van der Waals surface area contributed by atoms with Crippen molar-refractivity contribution < 1.29 is 0 Å². The molecule has 1 atom stereocenters. The summed E-state index contributed by atoms with van der Waals surface area (Å²) >= 11 is 0. The van der Waals surface area contributed by atoms with Gasteiger partial charge in [-0.1, -0.05) is 67.6 Å². The van der Waals surface area contributed by atoms with Gasteiger partial charge in [-0.3, -0.25) is 0 Å². The topological polar surface area (TPSA) is 12.0 Å². The third-order valence-electron chi connectivity index (χ3n) is 4.69. The van der Waals surface area contributed by atoms with Crippen molar-refractivity contribution in [1.82, 2.24) is 5.32 Å². The van der Waals surface area contributed by atoms with Crippen LogP contribution in [-0.2, 0) is 0 Å². The summed E-state index contributed by atoms with van der Waals surface area (Å²) < 4.78 is 0. The molecule has 1 unspecified atom stereocenters. The van der Waals surface area contributed by atoms with Crippen molar-refractivity contribution in [2.45, 2.75) is 44.7 Å². The van der Waals surface area contributed by atoms with Gasteiger partial charge in [-0.05, 0) is 36.8 Å². The van der Waals surface area contributed by atoms with Crippen LogP contribution in [0.3, 0.4) is 0 Å². The van der Waals surface area contributed by atoms with Gasteiger partial charge in [0.1, 0.15) is 0 Å². The van der Waals surface area contributed by atoms with E-state index in [-0.39, 0.29) is 0 Å². The van der Waals surface area contributed by atoms with Gasteiger partial charge in [0, 0.05) is 18.0 Å². The Bertz CT molecular complexity index is 503. The molecule has 0 bridgehead atoms. The molecule has 1 nitrogen and oxygen atoms in total.